The first-order valence-corrected chi connectivity index (χ1v) is 9.67. The lowest BCUT2D eigenvalue weighted by molar-refractivity contribution is 0.0762. The van der Waals surface area contributed by atoms with Crippen molar-refractivity contribution in [1.29, 1.82) is 0 Å². The molecule has 0 bridgehead atoms. The SMILES string of the molecule is CCO[C@@H](C)c1nc(-c2ccc(N(C)S(C)(=O)=O)cc2)cs1. The molecule has 0 N–H and O–H groups in total. The summed E-state index contributed by atoms with van der Waals surface area (Å²) in [5, 5.41) is 2.93. The Bertz CT molecular complexity index is 724. The summed E-state index contributed by atoms with van der Waals surface area (Å²) < 4.78 is 29.8. The second kappa shape index (κ2) is 6.76. The van der Waals surface area contributed by atoms with E-state index in [1.165, 1.54) is 17.6 Å². The molecule has 22 heavy (non-hydrogen) atoms. The van der Waals surface area contributed by atoms with Gasteiger partial charge in [0.05, 0.1) is 17.6 Å². The zero-order valence-electron chi connectivity index (χ0n) is 13.1. The van der Waals surface area contributed by atoms with Gasteiger partial charge in [0.25, 0.3) is 0 Å². The predicted molar refractivity (Wildman–Crippen MR) is 90.8 cm³/mol. The first-order valence-electron chi connectivity index (χ1n) is 6.94. The Labute approximate surface area is 135 Å². The number of ether oxygens (including phenoxy) is 1. The molecule has 1 heterocycles. The van der Waals surface area contributed by atoms with Gasteiger partial charge in [0.15, 0.2) is 0 Å². The molecule has 1 atom stereocenters. The normalized spacial score (nSPS) is 13.1. The number of rotatable bonds is 6. The van der Waals surface area contributed by atoms with Gasteiger partial charge in [-0.15, -0.1) is 11.3 Å². The predicted octanol–water partition coefficient (Wildman–Crippen LogP) is 3.30. The highest BCUT2D eigenvalue weighted by Gasteiger charge is 2.14. The molecule has 120 valence electrons. The summed E-state index contributed by atoms with van der Waals surface area (Å²) in [6.07, 6.45) is 1.17. The molecule has 0 saturated heterocycles. The Hall–Kier alpha value is -1.44. The standard InChI is InChI=1S/C15H20N2O3S2/c1-5-20-11(2)15-16-14(10-21-15)12-6-8-13(9-7-12)17(3)22(4,18)19/h6-11H,5H2,1-4H3/t11-/m0/s1. The minimum atomic E-state index is -3.24. The summed E-state index contributed by atoms with van der Waals surface area (Å²) in [4.78, 5) is 4.58. The lowest BCUT2D eigenvalue weighted by Crippen LogP contribution is -2.24. The van der Waals surface area contributed by atoms with Gasteiger partial charge in [-0.3, -0.25) is 4.31 Å². The van der Waals surface area contributed by atoms with E-state index in [9.17, 15) is 8.42 Å². The van der Waals surface area contributed by atoms with Crippen molar-refractivity contribution in [1.82, 2.24) is 4.98 Å². The first kappa shape index (κ1) is 16.9. The summed E-state index contributed by atoms with van der Waals surface area (Å²) in [5.74, 6) is 0. The minimum Gasteiger partial charge on any atom is -0.372 e. The van der Waals surface area contributed by atoms with E-state index >= 15 is 0 Å². The molecule has 0 aliphatic heterocycles. The Balaban J connectivity index is 2.21. The van der Waals surface area contributed by atoms with Gasteiger partial charge < -0.3 is 4.74 Å². The van der Waals surface area contributed by atoms with Crippen LogP contribution in [-0.4, -0.2) is 33.3 Å². The quantitative estimate of drug-likeness (QED) is 0.809. The number of nitrogens with zero attached hydrogens (tertiary/aromatic N) is 2. The van der Waals surface area contributed by atoms with Gasteiger partial charge in [0.1, 0.15) is 11.1 Å². The van der Waals surface area contributed by atoms with Crippen molar-refractivity contribution in [3.63, 3.8) is 0 Å². The van der Waals surface area contributed by atoms with Crippen molar-refractivity contribution in [3.05, 3.63) is 34.7 Å². The third-order valence-corrected chi connectivity index (χ3v) is 5.52. The number of thiazole rings is 1. The third kappa shape index (κ3) is 3.85. The molecular formula is C15H20N2O3S2. The van der Waals surface area contributed by atoms with Crippen LogP contribution in [-0.2, 0) is 14.8 Å². The molecular weight excluding hydrogens is 320 g/mol. The minimum absolute atomic E-state index is 0.0145. The van der Waals surface area contributed by atoms with Crippen LogP contribution >= 0.6 is 11.3 Å². The fraction of sp³-hybridized carbons (Fsp3) is 0.400. The molecule has 0 fully saturated rings. The molecule has 2 aromatic rings. The van der Waals surface area contributed by atoms with Crippen LogP contribution in [0.4, 0.5) is 5.69 Å². The van der Waals surface area contributed by atoms with E-state index in [2.05, 4.69) is 4.98 Å². The topological polar surface area (TPSA) is 59.5 Å². The van der Waals surface area contributed by atoms with Crippen LogP contribution in [0.2, 0.25) is 0 Å². The van der Waals surface area contributed by atoms with E-state index in [1.54, 1.807) is 23.5 Å². The molecule has 0 unspecified atom stereocenters. The maximum atomic E-state index is 11.5. The van der Waals surface area contributed by atoms with Gasteiger partial charge in [0, 0.05) is 24.6 Å². The molecule has 0 radical (unpaired) electrons. The largest absolute Gasteiger partial charge is 0.372 e. The van der Waals surface area contributed by atoms with Crippen LogP contribution < -0.4 is 4.31 Å². The zero-order valence-corrected chi connectivity index (χ0v) is 14.7. The second-order valence-corrected chi connectivity index (χ2v) is 7.85. The van der Waals surface area contributed by atoms with Crippen LogP contribution in [0.25, 0.3) is 11.3 Å². The summed E-state index contributed by atoms with van der Waals surface area (Å²) in [6.45, 7) is 4.60. The van der Waals surface area contributed by atoms with Crippen LogP contribution in [0.3, 0.4) is 0 Å². The van der Waals surface area contributed by atoms with E-state index in [-0.39, 0.29) is 6.10 Å². The van der Waals surface area contributed by atoms with Crippen molar-refractivity contribution >= 4 is 27.0 Å². The zero-order chi connectivity index (χ0) is 16.3. The summed E-state index contributed by atoms with van der Waals surface area (Å²) in [5.41, 5.74) is 2.46. The Morgan fingerprint density at radius 1 is 1.32 bits per heavy atom. The fourth-order valence-corrected chi connectivity index (χ4v) is 3.30. The molecule has 7 heteroatoms. The molecule has 5 nitrogen and oxygen atoms in total. The van der Waals surface area contributed by atoms with Crippen LogP contribution in [0.15, 0.2) is 29.6 Å². The van der Waals surface area contributed by atoms with Crippen molar-refractivity contribution in [2.75, 3.05) is 24.2 Å². The number of anilines is 1. The number of sulfonamides is 1. The Morgan fingerprint density at radius 2 is 1.95 bits per heavy atom. The maximum absolute atomic E-state index is 11.5. The number of benzene rings is 1. The van der Waals surface area contributed by atoms with Crippen molar-refractivity contribution in [3.8, 4) is 11.3 Å². The molecule has 0 aliphatic rings. The number of aromatic nitrogens is 1. The molecule has 0 aliphatic carbocycles. The summed E-state index contributed by atoms with van der Waals surface area (Å²) in [6, 6.07) is 7.31. The summed E-state index contributed by atoms with van der Waals surface area (Å²) >= 11 is 1.56. The van der Waals surface area contributed by atoms with Gasteiger partial charge in [-0.2, -0.15) is 0 Å². The molecule has 1 aromatic heterocycles. The fourth-order valence-electron chi connectivity index (χ4n) is 1.96. The second-order valence-electron chi connectivity index (χ2n) is 4.95. The van der Waals surface area contributed by atoms with Crippen molar-refractivity contribution in [2.24, 2.45) is 0 Å². The Morgan fingerprint density at radius 3 is 2.50 bits per heavy atom. The van der Waals surface area contributed by atoms with Gasteiger partial charge in [0.2, 0.25) is 10.0 Å². The van der Waals surface area contributed by atoms with Gasteiger partial charge in [-0.05, 0) is 26.0 Å². The number of hydrogen-bond acceptors (Lipinski definition) is 5. The van der Waals surface area contributed by atoms with Crippen LogP contribution in [0.5, 0.6) is 0 Å². The maximum Gasteiger partial charge on any atom is 0.231 e. The van der Waals surface area contributed by atoms with E-state index in [4.69, 9.17) is 4.74 Å². The first-order chi connectivity index (χ1) is 10.3. The van der Waals surface area contributed by atoms with Crippen LogP contribution in [0.1, 0.15) is 25.0 Å². The Kier molecular flexibility index (Phi) is 5.20. The molecule has 2 rings (SSSR count). The van der Waals surface area contributed by atoms with E-state index in [0.29, 0.717) is 12.3 Å². The highest BCUT2D eigenvalue weighted by molar-refractivity contribution is 7.92. The summed E-state index contributed by atoms with van der Waals surface area (Å²) in [7, 11) is -1.71. The lowest BCUT2D eigenvalue weighted by Gasteiger charge is -2.16. The van der Waals surface area contributed by atoms with Crippen LogP contribution in [0, 0.1) is 0 Å². The van der Waals surface area contributed by atoms with Crippen molar-refractivity contribution < 1.29 is 13.2 Å². The monoisotopic (exact) mass is 340 g/mol. The van der Waals surface area contributed by atoms with Gasteiger partial charge in [-0.1, -0.05) is 12.1 Å². The van der Waals surface area contributed by atoms with Gasteiger partial charge in [-0.25, -0.2) is 13.4 Å². The highest BCUT2D eigenvalue weighted by Crippen LogP contribution is 2.28. The van der Waals surface area contributed by atoms with E-state index in [1.807, 2.05) is 31.4 Å². The van der Waals surface area contributed by atoms with Gasteiger partial charge >= 0.3 is 0 Å². The lowest BCUT2D eigenvalue weighted by atomic mass is 10.1. The molecule has 0 amide bonds. The molecule has 0 spiro atoms. The van der Waals surface area contributed by atoms with E-state index in [0.717, 1.165) is 16.3 Å². The third-order valence-electron chi connectivity index (χ3n) is 3.31. The smallest absolute Gasteiger partial charge is 0.231 e. The highest BCUT2D eigenvalue weighted by atomic mass is 32.2. The molecule has 1 aromatic carbocycles. The number of hydrogen-bond donors (Lipinski definition) is 0. The average Bonchev–Trinajstić information content (AvgIpc) is 2.96. The van der Waals surface area contributed by atoms with E-state index < -0.39 is 10.0 Å². The molecule has 0 saturated carbocycles. The van der Waals surface area contributed by atoms with Crippen molar-refractivity contribution in [2.45, 2.75) is 20.0 Å². The average molecular weight is 340 g/mol.